The molecule has 1 atom stereocenters. The third-order valence-electron chi connectivity index (χ3n) is 5.87. The monoisotopic (exact) mass is 649 g/mol. The number of hydrogen-bond acceptors (Lipinski definition) is 11. The minimum absolute atomic E-state index is 0.187. The van der Waals surface area contributed by atoms with Crippen molar-refractivity contribution in [2.45, 2.75) is 150 Å². The Morgan fingerprint density at radius 2 is 1.12 bits per heavy atom. The molecule has 0 spiro atoms. The normalized spacial score (nSPS) is 18.0. The number of hydrazine groups is 1. The zero-order valence-electron chi connectivity index (χ0n) is 28.9. The van der Waals surface area contributed by atoms with E-state index >= 15 is 0 Å². The number of nitrogens with zero attached hydrogens (tertiary/aromatic N) is 3. The molecular formula is C28H63N7O6Si2. The van der Waals surface area contributed by atoms with Gasteiger partial charge < -0.3 is 43.3 Å². The maximum Gasteiger partial charge on any atom is 0.509 e. The van der Waals surface area contributed by atoms with Crippen LogP contribution in [-0.4, -0.2) is 96.8 Å². The molecule has 13 nitrogen and oxygen atoms in total. The maximum absolute atomic E-state index is 6.78. The first kappa shape index (κ1) is 40.0. The molecule has 0 fully saturated rings. The summed E-state index contributed by atoms with van der Waals surface area (Å²) < 4.78 is 40.7. The molecule has 1 rings (SSSR count). The van der Waals surface area contributed by atoms with Crippen LogP contribution in [0, 0.1) is 0 Å². The Morgan fingerprint density at radius 3 is 1.44 bits per heavy atom. The second-order valence-corrected chi connectivity index (χ2v) is 18.3. The largest absolute Gasteiger partial charge is 0.509 e. The van der Waals surface area contributed by atoms with E-state index in [0.29, 0.717) is 44.9 Å². The first-order valence-electron chi connectivity index (χ1n) is 15.9. The van der Waals surface area contributed by atoms with Crippen molar-refractivity contribution in [1.29, 1.82) is 0 Å². The first-order chi connectivity index (χ1) is 20.0. The Balaban J connectivity index is 3.84. The zero-order valence-corrected chi connectivity index (χ0v) is 30.9. The number of nitrogens with one attached hydrogen (secondary N) is 1. The van der Waals surface area contributed by atoms with Gasteiger partial charge in [-0.3, -0.25) is 10.0 Å². The standard InChI is InChI=1S/C28H63N7O6Si2/c1-19(2)36-42(37-20(3)4,38-21(5)6)27(43(39-22(7)8,40-23(9)10)41-24(11)12)15-18-32-28-34-25(13-16-29)33-26(14-17-30)35(28)31/h19-24,26-27H,13-18,29-31H2,1-12H3,(H,32,33,34). The van der Waals surface area contributed by atoms with Crippen LogP contribution in [0.1, 0.15) is 102 Å². The fraction of sp³-hybridized carbons (Fsp3) is 0.929. The SMILES string of the molecule is CC(C)O[Si](OC(C)C)(OC(C)C)C(CCN=C1NC(CCN)=NC(CCN)N1N)[Si](OC(C)C)(OC(C)C)OC(C)C. The van der Waals surface area contributed by atoms with E-state index in [1.54, 1.807) is 0 Å². The lowest BCUT2D eigenvalue weighted by molar-refractivity contribution is -0.0303. The Bertz CT molecular complexity index is 770. The smallest absolute Gasteiger partial charge is 0.371 e. The minimum atomic E-state index is -3.61. The Hall–Kier alpha value is -0.986. The summed E-state index contributed by atoms with van der Waals surface area (Å²) in [5, 5.41) is 4.29. The van der Waals surface area contributed by atoms with Gasteiger partial charge in [0, 0.05) is 56.0 Å². The highest BCUT2D eigenvalue weighted by Crippen LogP contribution is 2.43. The maximum atomic E-state index is 6.78. The van der Waals surface area contributed by atoms with Gasteiger partial charge in [0.25, 0.3) is 0 Å². The Morgan fingerprint density at radius 1 is 0.721 bits per heavy atom. The second-order valence-electron chi connectivity index (χ2n) is 12.5. The van der Waals surface area contributed by atoms with Crippen molar-refractivity contribution >= 4 is 29.4 Å². The van der Waals surface area contributed by atoms with E-state index in [0.717, 1.165) is 5.84 Å². The van der Waals surface area contributed by atoms with Crippen molar-refractivity contribution in [3.8, 4) is 0 Å². The van der Waals surface area contributed by atoms with Crippen LogP contribution >= 0.6 is 0 Å². The quantitative estimate of drug-likeness (QED) is 0.106. The van der Waals surface area contributed by atoms with Crippen molar-refractivity contribution in [3.63, 3.8) is 0 Å². The van der Waals surface area contributed by atoms with Crippen LogP contribution in [0.15, 0.2) is 9.98 Å². The topological polar surface area (TPSA) is 173 Å². The molecule has 254 valence electrons. The summed E-state index contributed by atoms with van der Waals surface area (Å²) >= 11 is 0. The van der Waals surface area contributed by atoms with Crippen molar-refractivity contribution in [2.75, 3.05) is 19.6 Å². The van der Waals surface area contributed by atoms with E-state index in [1.165, 1.54) is 5.01 Å². The van der Waals surface area contributed by atoms with Gasteiger partial charge in [-0.15, -0.1) is 0 Å². The van der Waals surface area contributed by atoms with E-state index in [-0.39, 0.29) is 42.8 Å². The second kappa shape index (κ2) is 18.9. The lowest BCUT2D eigenvalue weighted by atomic mass is 10.3. The van der Waals surface area contributed by atoms with E-state index in [1.807, 2.05) is 83.1 Å². The predicted molar refractivity (Wildman–Crippen MR) is 177 cm³/mol. The summed E-state index contributed by atoms with van der Waals surface area (Å²) in [5.74, 6) is 7.69. The molecule has 1 aliphatic rings. The van der Waals surface area contributed by atoms with Crippen LogP contribution in [0.25, 0.3) is 0 Å². The molecule has 1 heterocycles. The van der Waals surface area contributed by atoms with Crippen LogP contribution in [0.2, 0.25) is 5.16 Å². The van der Waals surface area contributed by atoms with Gasteiger partial charge in [0.2, 0.25) is 5.96 Å². The van der Waals surface area contributed by atoms with Gasteiger partial charge in [0.1, 0.15) is 17.2 Å². The van der Waals surface area contributed by atoms with Crippen LogP contribution in [-0.2, 0) is 26.6 Å². The molecule has 15 heteroatoms. The highest BCUT2D eigenvalue weighted by molar-refractivity contribution is 6.82. The lowest BCUT2D eigenvalue weighted by Gasteiger charge is -2.46. The fourth-order valence-electron chi connectivity index (χ4n) is 4.85. The number of nitrogens with two attached hydrogens (primary N) is 3. The number of aliphatic imine (C=N–C) groups is 2. The van der Waals surface area contributed by atoms with Crippen LogP contribution in [0.3, 0.4) is 0 Å². The highest BCUT2D eigenvalue weighted by Gasteiger charge is 2.67. The molecule has 43 heavy (non-hydrogen) atoms. The van der Waals surface area contributed by atoms with Crippen LogP contribution < -0.4 is 22.6 Å². The molecular weight excluding hydrogens is 587 g/mol. The van der Waals surface area contributed by atoms with Gasteiger partial charge in [-0.25, -0.2) is 10.8 Å². The van der Waals surface area contributed by atoms with Gasteiger partial charge in [0.15, 0.2) is 0 Å². The summed E-state index contributed by atoms with van der Waals surface area (Å²) in [5.41, 5.74) is 11.7. The third kappa shape index (κ3) is 13.1. The highest BCUT2D eigenvalue weighted by atomic mass is 28.5. The predicted octanol–water partition coefficient (Wildman–Crippen LogP) is 3.27. The summed E-state index contributed by atoms with van der Waals surface area (Å²) in [6.07, 6.45) is 0.146. The molecule has 0 bridgehead atoms. The minimum Gasteiger partial charge on any atom is -0.371 e. The number of rotatable bonds is 21. The third-order valence-corrected chi connectivity index (χ3v) is 15.1. The van der Waals surface area contributed by atoms with Gasteiger partial charge in [-0.2, -0.15) is 0 Å². The Labute approximate surface area is 263 Å². The summed E-state index contributed by atoms with van der Waals surface area (Å²) in [6.45, 7) is 25.0. The molecule has 0 aromatic rings. The van der Waals surface area contributed by atoms with E-state index in [9.17, 15) is 0 Å². The van der Waals surface area contributed by atoms with Crippen LogP contribution in [0.4, 0.5) is 0 Å². The van der Waals surface area contributed by atoms with Gasteiger partial charge >= 0.3 is 17.6 Å². The van der Waals surface area contributed by atoms with Crippen molar-refractivity contribution < 1.29 is 26.6 Å². The Kier molecular flexibility index (Phi) is 17.6. The lowest BCUT2D eigenvalue weighted by Crippen LogP contribution is -2.67. The zero-order chi connectivity index (χ0) is 33.0. The summed E-state index contributed by atoms with van der Waals surface area (Å²) in [6, 6.07) is 0. The molecule has 0 radical (unpaired) electrons. The summed E-state index contributed by atoms with van der Waals surface area (Å²) in [4.78, 5) is 9.60. The van der Waals surface area contributed by atoms with E-state index < -0.39 is 22.8 Å². The number of amidine groups is 1. The van der Waals surface area contributed by atoms with Gasteiger partial charge in [0.05, 0.1) is 0 Å². The van der Waals surface area contributed by atoms with Gasteiger partial charge in [-0.05, 0) is 103 Å². The molecule has 0 amide bonds. The van der Waals surface area contributed by atoms with E-state index in [4.69, 9.17) is 48.9 Å². The molecule has 0 aromatic carbocycles. The average Bonchev–Trinajstić information content (AvgIpc) is 2.81. The fourth-order valence-corrected chi connectivity index (χ4v) is 14.0. The first-order valence-corrected chi connectivity index (χ1v) is 19.5. The van der Waals surface area contributed by atoms with E-state index in [2.05, 4.69) is 10.3 Å². The number of guanidine groups is 1. The van der Waals surface area contributed by atoms with Crippen molar-refractivity contribution in [2.24, 2.45) is 27.3 Å². The van der Waals surface area contributed by atoms with Gasteiger partial charge in [-0.1, -0.05) is 0 Å². The molecule has 0 aliphatic carbocycles. The average molecular weight is 650 g/mol. The summed E-state index contributed by atoms with van der Waals surface area (Å²) in [7, 11) is -7.22. The molecule has 1 aliphatic heterocycles. The number of hydrogen-bond donors (Lipinski definition) is 4. The molecule has 0 saturated carbocycles. The van der Waals surface area contributed by atoms with Crippen molar-refractivity contribution in [3.05, 3.63) is 0 Å². The molecule has 0 saturated heterocycles. The van der Waals surface area contributed by atoms with Crippen LogP contribution in [0.5, 0.6) is 0 Å². The van der Waals surface area contributed by atoms with Crippen molar-refractivity contribution in [1.82, 2.24) is 10.3 Å². The molecule has 7 N–H and O–H groups in total. The molecule has 1 unspecified atom stereocenters. The molecule has 0 aromatic heterocycles.